The lowest BCUT2D eigenvalue weighted by Crippen LogP contribution is -2.31. The number of rotatable bonds is 6. The lowest BCUT2D eigenvalue weighted by molar-refractivity contribution is 0.102. The van der Waals surface area contributed by atoms with Gasteiger partial charge in [-0.3, -0.25) is 4.79 Å². The molecular formula is C26H24N4O4S. The first-order chi connectivity index (χ1) is 17.1. The van der Waals surface area contributed by atoms with E-state index in [2.05, 4.69) is 15.6 Å². The third-order valence-electron chi connectivity index (χ3n) is 5.88. The number of aliphatic hydroxyl groups excluding tert-OH is 1. The van der Waals surface area contributed by atoms with Crippen LogP contribution in [0.25, 0.3) is 11.0 Å². The normalized spacial score (nSPS) is 14.8. The monoisotopic (exact) mass is 488 g/mol. The van der Waals surface area contributed by atoms with E-state index in [0.29, 0.717) is 16.9 Å². The van der Waals surface area contributed by atoms with Crippen molar-refractivity contribution in [1.29, 1.82) is 0 Å². The van der Waals surface area contributed by atoms with E-state index in [4.69, 9.17) is 4.74 Å². The maximum atomic E-state index is 13.0. The smallest absolute Gasteiger partial charge is 0.407 e. The minimum absolute atomic E-state index is 0.176. The molecule has 5 rings (SSSR count). The van der Waals surface area contributed by atoms with Gasteiger partial charge in [0.25, 0.3) is 5.91 Å². The fourth-order valence-corrected chi connectivity index (χ4v) is 5.26. The number of aromatic nitrogens is 2. The Morgan fingerprint density at radius 1 is 1.14 bits per heavy atom. The first-order valence-corrected chi connectivity index (χ1v) is 12.2. The lowest BCUT2D eigenvalue weighted by atomic mass is 10.0. The molecule has 0 spiro atoms. The summed E-state index contributed by atoms with van der Waals surface area (Å²) in [7, 11) is 0. The molecule has 0 saturated carbocycles. The number of hydrogen-bond acceptors (Lipinski definition) is 6. The van der Waals surface area contributed by atoms with E-state index in [1.807, 2.05) is 48.5 Å². The second kappa shape index (κ2) is 10.2. The number of thioether (sulfide) groups is 1. The fourth-order valence-electron chi connectivity index (χ4n) is 4.10. The summed E-state index contributed by atoms with van der Waals surface area (Å²) >= 11 is 1.66. The molecule has 2 aromatic heterocycles. The lowest BCUT2D eigenvalue weighted by Gasteiger charge is -2.26. The van der Waals surface area contributed by atoms with Crippen LogP contribution in [0.5, 0.6) is 0 Å². The first kappa shape index (κ1) is 22.9. The van der Waals surface area contributed by atoms with Crippen molar-refractivity contribution in [2.24, 2.45) is 0 Å². The van der Waals surface area contributed by atoms with Crippen molar-refractivity contribution in [1.82, 2.24) is 14.9 Å². The molecule has 1 unspecified atom stereocenters. The molecule has 4 aromatic rings. The quantitative estimate of drug-likeness (QED) is 0.363. The van der Waals surface area contributed by atoms with Crippen LogP contribution in [0.1, 0.15) is 33.9 Å². The van der Waals surface area contributed by atoms with Crippen LogP contribution < -0.4 is 10.6 Å². The Bertz CT molecular complexity index is 1370. The molecule has 1 aliphatic rings. The van der Waals surface area contributed by atoms with E-state index >= 15 is 0 Å². The highest BCUT2D eigenvalue weighted by molar-refractivity contribution is 7.99. The Labute approximate surface area is 206 Å². The molecule has 3 heterocycles. The number of fused-ring (bicyclic) bond motifs is 2. The Morgan fingerprint density at radius 2 is 2.00 bits per heavy atom. The molecule has 0 bridgehead atoms. The van der Waals surface area contributed by atoms with Gasteiger partial charge in [0.1, 0.15) is 19.0 Å². The highest BCUT2D eigenvalue weighted by Gasteiger charge is 2.24. The Hall–Kier alpha value is -3.82. The zero-order valence-electron chi connectivity index (χ0n) is 18.8. The Balaban J connectivity index is 1.27. The van der Waals surface area contributed by atoms with Crippen LogP contribution in [0.2, 0.25) is 0 Å². The number of carbonyl (C=O) groups is 2. The summed E-state index contributed by atoms with van der Waals surface area (Å²) in [5.74, 6) is 0.580. The van der Waals surface area contributed by atoms with Crippen LogP contribution in [0.4, 0.5) is 10.5 Å². The van der Waals surface area contributed by atoms with Crippen LogP contribution in [0.15, 0.2) is 78.0 Å². The molecule has 0 fully saturated rings. The van der Waals surface area contributed by atoms with Gasteiger partial charge in [-0.2, -0.15) is 0 Å². The van der Waals surface area contributed by atoms with E-state index in [9.17, 15) is 14.7 Å². The Morgan fingerprint density at radius 3 is 2.83 bits per heavy atom. The number of anilines is 1. The van der Waals surface area contributed by atoms with Gasteiger partial charge in [0.2, 0.25) is 0 Å². The largest absolute Gasteiger partial charge is 0.445 e. The van der Waals surface area contributed by atoms with Crippen molar-refractivity contribution < 1.29 is 19.4 Å². The maximum absolute atomic E-state index is 13.0. The average Bonchev–Trinajstić information content (AvgIpc) is 3.32. The first-order valence-electron chi connectivity index (χ1n) is 11.2. The molecule has 0 radical (unpaired) electrons. The van der Waals surface area contributed by atoms with Gasteiger partial charge in [0, 0.05) is 34.0 Å². The molecule has 35 heavy (non-hydrogen) atoms. The minimum Gasteiger partial charge on any atom is -0.445 e. The highest BCUT2D eigenvalue weighted by atomic mass is 32.2. The summed E-state index contributed by atoms with van der Waals surface area (Å²) in [6.07, 6.45) is 3.64. The number of nitrogens with one attached hydrogen (secondary N) is 2. The summed E-state index contributed by atoms with van der Waals surface area (Å²) in [6, 6.07) is 18.4. The van der Waals surface area contributed by atoms with E-state index in [1.54, 1.807) is 40.9 Å². The van der Waals surface area contributed by atoms with Crippen LogP contribution in [0, 0.1) is 0 Å². The van der Waals surface area contributed by atoms with Crippen molar-refractivity contribution in [2.75, 3.05) is 11.1 Å². The molecule has 0 saturated heterocycles. The van der Waals surface area contributed by atoms with Gasteiger partial charge >= 0.3 is 6.09 Å². The van der Waals surface area contributed by atoms with E-state index < -0.39 is 6.09 Å². The number of benzene rings is 2. The predicted octanol–water partition coefficient (Wildman–Crippen LogP) is 4.70. The fraction of sp³-hybridized carbons (Fsp3) is 0.192. The number of carbonyl (C=O) groups excluding carboxylic acids is 2. The second-order valence-electron chi connectivity index (χ2n) is 8.13. The third kappa shape index (κ3) is 5.01. The van der Waals surface area contributed by atoms with Crippen LogP contribution >= 0.6 is 11.8 Å². The Kier molecular flexibility index (Phi) is 6.69. The summed E-state index contributed by atoms with van der Waals surface area (Å²) in [6.45, 7) is 0.0228. The van der Waals surface area contributed by atoms with Crippen LogP contribution in [-0.4, -0.2) is 32.4 Å². The van der Waals surface area contributed by atoms with Crippen molar-refractivity contribution in [3.63, 3.8) is 0 Å². The summed E-state index contributed by atoms with van der Waals surface area (Å²) < 4.78 is 6.97. The van der Waals surface area contributed by atoms with Gasteiger partial charge in [-0.15, -0.1) is 11.8 Å². The number of hydrogen-bond donors (Lipinski definition) is 3. The zero-order valence-corrected chi connectivity index (χ0v) is 19.6. The average molecular weight is 489 g/mol. The van der Waals surface area contributed by atoms with Crippen molar-refractivity contribution >= 4 is 40.5 Å². The van der Waals surface area contributed by atoms with E-state index in [-0.39, 0.29) is 25.3 Å². The van der Waals surface area contributed by atoms with Gasteiger partial charge in [-0.05, 0) is 41.8 Å². The number of aliphatic hydroxyl groups is 1. The molecule has 1 atom stereocenters. The van der Waals surface area contributed by atoms with Gasteiger partial charge in [-0.25, -0.2) is 9.78 Å². The standard InChI is InChI=1S/C26H24N4O4S/c31-16-30-12-9-20-21(8-11-27-24(20)30)28-25(32)18-6-7-19-22(10-13-35-23(19)14-18)29-26(33)34-15-17-4-2-1-3-5-17/h1-9,11-12,14,22,31H,10,13,15-16H2,(H,29,33)(H,27,28,32). The molecule has 1 aliphatic heterocycles. The minimum atomic E-state index is -0.463. The molecule has 3 N–H and O–H groups in total. The van der Waals surface area contributed by atoms with E-state index in [0.717, 1.165) is 33.6 Å². The molecule has 9 heteroatoms. The predicted molar refractivity (Wildman–Crippen MR) is 134 cm³/mol. The molecule has 2 aromatic carbocycles. The zero-order chi connectivity index (χ0) is 24.2. The molecule has 178 valence electrons. The molecule has 0 aliphatic carbocycles. The second-order valence-corrected chi connectivity index (χ2v) is 9.26. The van der Waals surface area contributed by atoms with Gasteiger partial charge in [0.15, 0.2) is 0 Å². The van der Waals surface area contributed by atoms with Crippen molar-refractivity contribution in [3.05, 3.63) is 89.7 Å². The maximum Gasteiger partial charge on any atom is 0.407 e. The number of ether oxygens (including phenoxy) is 1. The summed E-state index contributed by atoms with van der Waals surface area (Å²) in [4.78, 5) is 30.6. The number of alkyl carbamates (subject to hydrolysis) is 1. The topological polar surface area (TPSA) is 105 Å². The van der Waals surface area contributed by atoms with Crippen LogP contribution in [0.3, 0.4) is 0 Å². The summed E-state index contributed by atoms with van der Waals surface area (Å²) in [5, 5.41) is 16.1. The number of nitrogens with zero attached hydrogens (tertiary/aromatic N) is 2. The van der Waals surface area contributed by atoms with Crippen molar-refractivity contribution in [2.45, 2.75) is 30.7 Å². The van der Waals surface area contributed by atoms with Crippen molar-refractivity contribution in [3.8, 4) is 0 Å². The third-order valence-corrected chi connectivity index (χ3v) is 6.99. The van der Waals surface area contributed by atoms with E-state index in [1.165, 1.54) is 0 Å². The summed E-state index contributed by atoms with van der Waals surface area (Å²) in [5.41, 5.74) is 3.64. The number of amides is 2. The molecule has 2 amide bonds. The molecular weight excluding hydrogens is 464 g/mol. The van der Waals surface area contributed by atoms with Crippen LogP contribution in [-0.2, 0) is 18.1 Å². The highest BCUT2D eigenvalue weighted by Crippen LogP contribution is 2.37. The van der Waals surface area contributed by atoms with Gasteiger partial charge in [0.05, 0.1) is 11.7 Å². The molecule has 8 nitrogen and oxygen atoms in total. The SMILES string of the molecule is O=C(NC1CCSc2cc(C(=O)Nc3ccnc4c3ccn4CO)ccc21)OCc1ccccc1. The van der Waals surface area contributed by atoms with Gasteiger partial charge < -0.3 is 25.0 Å². The van der Waals surface area contributed by atoms with Gasteiger partial charge in [-0.1, -0.05) is 36.4 Å². The number of pyridine rings is 1.